The summed E-state index contributed by atoms with van der Waals surface area (Å²) in [5.41, 5.74) is 2.18. The first-order valence-corrected chi connectivity index (χ1v) is 12.6. The van der Waals surface area contributed by atoms with Crippen LogP contribution in [0.2, 0.25) is 0 Å². The first-order chi connectivity index (χ1) is 14.4. The molecule has 1 aliphatic rings. The molecule has 0 aliphatic carbocycles. The van der Waals surface area contributed by atoms with Crippen molar-refractivity contribution in [2.45, 2.75) is 90.8 Å². The zero-order valence-electron chi connectivity index (χ0n) is 20.3. The molecule has 0 atom stereocenters. The highest BCUT2D eigenvalue weighted by molar-refractivity contribution is 7.69. The van der Waals surface area contributed by atoms with Gasteiger partial charge in [0, 0.05) is 12.8 Å². The number of ketones is 1. The minimum atomic E-state index is -0.622. The van der Waals surface area contributed by atoms with Crippen LogP contribution in [0.1, 0.15) is 68.2 Å². The molecule has 1 saturated heterocycles. The number of carbonyl (C=O) groups is 1. The molecule has 0 spiro atoms. The highest BCUT2D eigenvalue weighted by Crippen LogP contribution is 2.65. The fourth-order valence-corrected chi connectivity index (χ4v) is 9.29. The van der Waals surface area contributed by atoms with Crippen molar-refractivity contribution in [3.8, 4) is 22.6 Å². The van der Waals surface area contributed by atoms with Crippen LogP contribution in [-0.2, 0) is 4.79 Å². The first-order valence-electron chi connectivity index (χ1n) is 11.3. The molecule has 0 unspecified atom stereocenters. The highest BCUT2D eigenvalue weighted by atomic mass is 31.1. The summed E-state index contributed by atoms with van der Waals surface area (Å²) in [5.74, 6) is 2.07. The summed E-state index contributed by atoms with van der Waals surface area (Å²) in [7, 11) is -0.622. The Kier molecular flexibility index (Phi) is 6.87. The van der Waals surface area contributed by atoms with Gasteiger partial charge in [0.25, 0.3) is 0 Å². The van der Waals surface area contributed by atoms with Crippen molar-refractivity contribution in [1.29, 1.82) is 0 Å². The third kappa shape index (κ3) is 5.14. The Balaban J connectivity index is 2.26. The SMILES string of the molecule is CC(C)Oc1cccc(OC(C)C)c1-c1ccccc1P1C(C)(C)CC(=O)CC1(C)C. The lowest BCUT2D eigenvalue weighted by Gasteiger charge is -2.49. The number of ether oxygens (including phenoxy) is 2. The molecule has 3 rings (SSSR count). The normalized spacial score (nSPS) is 18.5. The van der Waals surface area contributed by atoms with E-state index in [0.717, 1.165) is 22.6 Å². The third-order valence-electron chi connectivity index (χ3n) is 5.60. The molecule has 31 heavy (non-hydrogen) atoms. The molecule has 0 radical (unpaired) electrons. The highest BCUT2D eigenvalue weighted by Gasteiger charge is 2.48. The van der Waals surface area contributed by atoms with Gasteiger partial charge in [-0.15, -0.1) is 0 Å². The van der Waals surface area contributed by atoms with Crippen LogP contribution in [0.4, 0.5) is 0 Å². The second-order valence-corrected chi connectivity index (χ2v) is 13.9. The number of carbonyl (C=O) groups excluding carboxylic acids is 1. The molecule has 2 aromatic carbocycles. The van der Waals surface area contributed by atoms with Crippen LogP contribution >= 0.6 is 7.92 Å². The summed E-state index contributed by atoms with van der Waals surface area (Å²) in [5, 5.41) is 1.18. The quantitative estimate of drug-likeness (QED) is 0.456. The molecule has 1 heterocycles. The molecule has 0 saturated carbocycles. The Morgan fingerprint density at radius 2 is 1.26 bits per heavy atom. The Hall–Kier alpha value is -1.86. The fourth-order valence-electron chi connectivity index (χ4n) is 5.02. The molecule has 1 aliphatic heterocycles. The maximum Gasteiger partial charge on any atom is 0.134 e. The number of hydrogen-bond donors (Lipinski definition) is 0. The van der Waals surface area contributed by atoms with Crippen LogP contribution in [0, 0.1) is 0 Å². The van der Waals surface area contributed by atoms with Crippen LogP contribution in [0.15, 0.2) is 42.5 Å². The average molecular weight is 441 g/mol. The van der Waals surface area contributed by atoms with Gasteiger partial charge in [-0.3, -0.25) is 4.79 Å². The second kappa shape index (κ2) is 8.94. The van der Waals surface area contributed by atoms with Crippen molar-refractivity contribution in [3.05, 3.63) is 42.5 Å². The standard InChI is InChI=1S/C27H37O3P/c1-18(2)29-22-13-11-14-23(30-19(3)4)25(22)21-12-9-10-15-24(21)31-26(5,6)16-20(28)17-27(31,7)8/h9-15,18-19H,16-17H2,1-8H3. The molecule has 0 bridgehead atoms. The lowest BCUT2D eigenvalue weighted by Crippen LogP contribution is -2.43. The van der Waals surface area contributed by atoms with Gasteiger partial charge in [-0.2, -0.15) is 0 Å². The molecule has 4 heteroatoms. The Bertz CT molecular complexity index is 895. The fraction of sp³-hybridized carbons (Fsp3) is 0.519. The van der Waals surface area contributed by atoms with Gasteiger partial charge in [-0.05, 0) is 61.0 Å². The van der Waals surface area contributed by atoms with E-state index in [1.165, 1.54) is 5.30 Å². The summed E-state index contributed by atoms with van der Waals surface area (Å²) in [6.45, 7) is 17.2. The molecule has 2 aromatic rings. The minimum absolute atomic E-state index is 0.0612. The number of Topliss-reactive ketones (excluding diaryl/α,β-unsaturated/α-hetero) is 1. The van der Waals surface area contributed by atoms with Crippen LogP contribution in [0.5, 0.6) is 11.5 Å². The van der Waals surface area contributed by atoms with Crippen molar-refractivity contribution in [2.24, 2.45) is 0 Å². The van der Waals surface area contributed by atoms with Crippen molar-refractivity contribution in [3.63, 3.8) is 0 Å². The summed E-state index contributed by atoms with van der Waals surface area (Å²) in [4.78, 5) is 12.5. The van der Waals surface area contributed by atoms with Crippen LogP contribution in [0.3, 0.4) is 0 Å². The zero-order valence-corrected chi connectivity index (χ0v) is 21.2. The van der Waals surface area contributed by atoms with E-state index in [1.54, 1.807) is 0 Å². The summed E-state index contributed by atoms with van der Waals surface area (Å²) in [6.07, 6.45) is 1.39. The number of benzene rings is 2. The van der Waals surface area contributed by atoms with Gasteiger partial charge in [-0.25, -0.2) is 0 Å². The zero-order chi connectivity index (χ0) is 23.0. The largest absolute Gasteiger partial charge is 0.490 e. The lowest BCUT2D eigenvalue weighted by molar-refractivity contribution is -0.120. The molecule has 0 amide bonds. The third-order valence-corrected chi connectivity index (χ3v) is 9.21. The lowest BCUT2D eigenvalue weighted by atomic mass is 9.96. The van der Waals surface area contributed by atoms with Gasteiger partial charge < -0.3 is 9.47 Å². The Morgan fingerprint density at radius 1 is 0.774 bits per heavy atom. The van der Waals surface area contributed by atoms with Crippen molar-refractivity contribution in [1.82, 2.24) is 0 Å². The van der Waals surface area contributed by atoms with Gasteiger partial charge >= 0.3 is 0 Å². The van der Waals surface area contributed by atoms with E-state index < -0.39 is 7.92 Å². The Morgan fingerprint density at radius 3 is 1.74 bits per heavy atom. The van der Waals surface area contributed by atoms with Crippen LogP contribution in [-0.4, -0.2) is 28.3 Å². The van der Waals surface area contributed by atoms with E-state index in [4.69, 9.17) is 9.47 Å². The van der Waals surface area contributed by atoms with E-state index in [-0.39, 0.29) is 22.5 Å². The van der Waals surface area contributed by atoms with Gasteiger partial charge in [-0.1, -0.05) is 65.9 Å². The predicted molar refractivity (Wildman–Crippen MR) is 132 cm³/mol. The summed E-state index contributed by atoms with van der Waals surface area (Å²) < 4.78 is 12.5. The van der Waals surface area contributed by atoms with Crippen molar-refractivity contribution in [2.75, 3.05) is 0 Å². The second-order valence-electron chi connectivity index (χ2n) is 10.3. The predicted octanol–water partition coefficient (Wildman–Crippen LogP) is 6.96. The van der Waals surface area contributed by atoms with Gasteiger partial charge in [0.1, 0.15) is 17.3 Å². The topological polar surface area (TPSA) is 35.5 Å². The van der Waals surface area contributed by atoms with Crippen LogP contribution in [0.25, 0.3) is 11.1 Å². The van der Waals surface area contributed by atoms with Crippen molar-refractivity contribution >= 4 is 19.0 Å². The molecule has 0 aromatic heterocycles. The van der Waals surface area contributed by atoms with Gasteiger partial charge in [0.05, 0.1) is 17.8 Å². The summed E-state index contributed by atoms with van der Waals surface area (Å²) >= 11 is 0. The van der Waals surface area contributed by atoms with Gasteiger partial charge in [0.15, 0.2) is 0 Å². The number of rotatable bonds is 6. The van der Waals surface area contributed by atoms with E-state index in [0.29, 0.717) is 18.6 Å². The molecular formula is C27H37O3P. The monoisotopic (exact) mass is 440 g/mol. The van der Waals surface area contributed by atoms with E-state index in [1.807, 2.05) is 18.2 Å². The van der Waals surface area contributed by atoms with Crippen molar-refractivity contribution < 1.29 is 14.3 Å². The Labute approximate surface area is 189 Å². The summed E-state index contributed by atoms with van der Waals surface area (Å²) in [6, 6.07) is 14.7. The average Bonchev–Trinajstić information content (AvgIpc) is 2.59. The van der Waals surface area contributed by atoms with Gasteiger partial charge in [0.2, 0.25) is 0 Å². The molecule has 3 nitrogen and oxygen atoms in total. The maximum absolute atomic E-state index is 12.5. The van der Waals surface area contributed by atoms with E-state index in [9.17, 15) is 4.79 Å². The molecular weight excluding hydrogens is 403 g/mol. The minimum Gasteiger partial charge on any atom is -0.490 e. The van der Waals surface area contributed by atoms with E-state index in [2.05, 4.69) is 79.7 Å². The molecule has 1 fully saturated rings. The van der Waals surface area contributed by atoms with E-state index >= 15 is 0 Å². The number of hydrogen-bond acceptors (Lipinski definition) is 3. The maximum atomic E-state index is 12.5. The smallest absolute Gasteiger partial charge is 0.134 e. The molecule has 168 valence electrons. The van der Waals surface area contributed by atoms with Crippen LogP contribution < -0.4 is 14.8 Å². The first kappa shape index (κ1) is 23.8. The molecule has 0 N–H and O–H groups in total.